The van der Waals surface area contributed by atoms with Crippen LogP contribution in [0.5, 0.6) is 0 Å². The molecule has 0 bridgehead atoms. The van der Waals surface area contributed by atoms with Gasteiger partial charge in [0.2, 0.25) is 0 Å². The predicted octanol–water partition coefficient (Wildman–Crippen LogP) is -1.63. The van der Waals surface area contributed by atoms with E-state index in [-0.39, 0.29) is 9.91 Å². The van der Waals surface area contributed by atoms with Gasteiger partial charge in [-0.1, -0.05) is 0 Å². The maximum absolute atomic E-state index is 10.8. The molecule has 0 aliphatic carbocycles. The summed E-state index contributed by atoms with van der Waals surface area (Å²) in [5, 5.41) is 17.6. The third kappa shape index (κ3) is 2.94. The molecule has 0 aliphatic heterocycles. The molecule has 0 radical (unpaired) electrons. The van der Waals surface area contributed by atoms with E-state index in [2.05, 4.69) is 0 Å². The van der Waals surface area contributed by atoms with Gasteiger partial charge in [-0.2, -0.15) is 0 Å². The summed E-state index contributed by atoms with van der Waals surface area (Å²) in [7, 11) is 0. The number of carbonyl (C=O) groups is 1. The van der Waals surface area contributed by atoms with Crippen LogP contribution in [-0.2, 0) is 8.53 Å². The first-order valence-corrected chi connectivity index (χ1v) is 7.27. The van der Waals surface area contributed by atoms with Gasteiger partial charge in [0.25, 0.3) is 0 Å². The minimum absolute atomic E-state index is 0.0789. The molecule has 0 aromatic heterocycles. The topological polar surface area (TPSA) is 115 Å². The van der Waals surface area contributed by atoms with Crippen LogP contribution in [0, 0.1) is 0 Å². The fourth-order valence-electron chi connectivity index (χ4n) is 0.993. The van der Waals surface area contributed by atoms with Crippen molar-refractivity contribution in [2.24, 2.45) is 0 Å². The van der Waals surface area contributed by atoms with Crippen molar-refractivity contribution in [3.05, 3.63) is 29.8 Å². The molecule has 7 heteroatoms. The molecule has 0 fully saturated rings. The molecule has 0 saturated heterocycles. The molecule has 0 unspecified atom stereocenters. The molecule has 82 valence electrons. The molecule has 0 aliphatic rings. The number of benzene rings is 1. The van der Waals surface area contributed by atoms with Crippen LogP contribution in [0.1, 0.15) is 11.7 Å². The van der Waals surface area contributed by atoms with Gasteiger partial charge in [0.15, 0.2) is 0 Å². The minimum atomic E-state index is -4.93. The predicted molar refractivity (Wildman–Crippen MR) is 49.5 cm³/mol. The van der Waals surface area contributed by atoms with Gasteiger partial charge in [-0.25, -0.2) is 0 Å². The van der Waals surface area contributed by atoms with Crippen molar-refractivity contribution in [3.8, 4) is 0 Å². The fourth-order valence-corrected chi connectivity index (χ4v) is 2.12. The van der Waals surface area contributed by atoms with Crippen LogP contribution in [0.3, 0.4) is 0 Å². The van der Waals surface area contributed by atoms with Crippen LogP contribution in [0.4, 0.5) is 0 Å². The number of aliphatic carboxylic acids is 1. The van der Waals surface area contributed by atoms with Gasteiger partial charge in [0.1, 0.15) is 0 Å². The number of aliphatic hydroxyl groups is 1. The number of aliphatic hydroxyl groups excluding tert-OH is 1. The third-order valence-electron chi connectivity index (χ3n) is 1.78. The van der Waals surface area contributed by atoms with Crippen LogP contribution >= 0.6 is 0 Å². The van der Waals surface area contributed by atoms with E-state index in [1.807, 2.05) is 0 Å². The van der Waals surface area contributed by atoms with Gasteiger partial charge in [0.05, 0.1) is 0 Å². The second-order valence-electron chi connectivity index (χ2n) is 2.88. The Morgan fingerprint density at radius 3 is 2.00 bits per heavy atom. The van der Waals surface area contributed by atoms with Crippen LogP contribution in [0.15, 0.2) is 24.3 Å². The van der Waals surface area contributed by atoms with E-state index in [0.717, 1.165) is 12.1 Å². The Bertz CT molecular complexity index is 406. The van der Waals surface area contributed by atoms with E-state index in [1.165, 1.54) is 12.1 Å². The molecule has 4 N–H and O–H groups in total. The van der Waals surface area contributed by atoms with E-state index in [0.29, 0.717) is 0 Å². The normalized spacial score (nSPS) is 13.5. The van der Waals surface area contributed by atoms with E-state index >= 15 is 0 Å². The van der Waals surface area contributed by atoms with Crippen molar-refractivity contribution in [2.45, 2.75) is 6.10 Å². The summed E-state index contributed by atoms with van der Waals surface area (Å²) in [6, 6.07) is 4.58. The Kier molecular flexibility index (Phi) is 3.36. The van der Waals surface area contributed by atoms with E-state index in [9.17, 15) is 8.53 Å². The van der Waals surface area contributed by atoms with Gasteiger partial charge in [0, 0.05) is 0 Å². The molecule has 1 rings (SSSR count). The van der Waals surface area contributed by atoms with Crippen molar-refractivity contribution in [2.75, 3.05) is 0 Å². The van der Waals surface area contributed by atoms with Crippen LogP contribution in [0.25, 0.3) is 0 Å². The molecule has 0 amide bonds. The monoisotopic (exact) mass is 276 g/mol. The molecule has 0 spiro atoms. The summed E-state index contributed by atoms with van der Waals surface area (Å²) in [5.41, 5.74) is 0.0789. The Balaban J connectivity index is 3.00. The first-order chi connectivity index (χ1) is 6.82. The average molecular weight is 276 g/mol. The second-order valence-corrected chi connectivity index (χ2v) is 6.24. The molecule has 1 aromatic rings. The third-order valence-corrected chi connectivity index (χ3v) is 3.82. The van der Waals surface area contributed by atoms with E-state index in [4.69, 9.17) is 18.4 Å². The zero-order valence-corrected chi connectivity index (χ0v) is 9.32. The first kappa shape index (κ1) is 12.0. The molecule has 0 heterocycles. The van der Waals surface area contributed by atoms with Crippen molar-refractivity contribution < 1.29 is 26.9 Å². The summed E-state index contributed by atoms with van der Waals surface area (Å²) in [6.07, 6.45) is -1.68. The molecule has 1 aromatic carbocycles. The molecule has 15 heavy (non-hydrogen) atoms. The Morgan fingerprint density at radius 2 is 1.67 bits per heavy atom. The van der Waals surface area contributed by atoms with E-state index in [1.54, 1.807) is 0 Å². The number of hydrogen-bond acceptors (Lipinski definition) is 3. The Hall–Kier alpha value is -1.07. The summed E-state index contributed by atoms with van der Waals surface area (Å²) in [6.45, 7) is 0. The van der Waals surface area contributed by atoms with Gasteiger partial charge in [-0.15, -0.1) is 0 Å². The van der Waals surface area contributed by atoms with Gasteiger partial charge in [-0.3, -0.25) is 0 Å². The van der Waals surface area contributed by atoms with Crippen molar-refractivity contribution in [1.82, 2.24) is 0 Å². The Morgan fingerprint density at radius 1 is 1.20 bits per heavy atom. The quantitative estimate of drug-likeness (QED) is 0.492. The second kappa shape index (κ2) is 4.20. The standard InChI is InChI=1S/C8H9AsO6/c10-7(8(11)12)5-1-3-6(4-2-5)9(13,14)15/h1-4,7,10H,(H,11,12)(H2,13,14,15)/t7-/m0/s1. The SMILES string of the molecule is O=C(O)[C@@H](O)c1ccc([As](=O)(O)O)cc1. The van der Waals surface area contributed by atoms with Gasteiger partial charge < -0.3 is 0 Å². The summed E-state index contributed by atoms with van der Waals surface area (Å²) >= 11 is -4.93. The number of carboxylic acid groups (broad SMARTS) is 1. The Labute approximate surface area is 87.8 Å². The fraction of sp³-hybridized carbons (Fsp3) is 0.125. The molecular formula is C8H9AsO6. The molecule has 0 saturated carbocycles. The summed E-state index contributed by atoms with van der Waals surface area (Å²) in [5.74, 6) is -1.41. The van der Waals surface area contributed by atoms with Crippen molar-refractivity contribution in [1.29, 1.82) is 0 Å². The molecular weight excluding hydrogens is 267 g/mol. The zero-order chi connectivity index (χ0) is 11.6. The van der Waals surface area contributed by atoms with Crippen LogP contribution < -0.4 is 4.35 Å². The average Bonchev–Trinajstić information content (AvgIpc) is 2.15. The number of rotatable bonds is 3. The van der Waals surface area contributed by atoms with Crippen LogP contribution in [-0.4, -0.2) is 38.5 Å². The number of hydrogen-bond donors (Lipinski definition) is 4. The van der Waals surface area contributed by atoms with Crippen molar-refractivity contribution in [3.63, 3.8) is 0 Å². The summed E-state index contributed by atoms with van der Waals surface area (Å²) < 4.78 is 28.3. The summed E-state index contributed by atoms with van der Waals surface area (Å²) in [4.78, 5) is 10.4. The van der Waals surface area contributed by atoms with Gasteiger partial charge in [-0.05, 0) is 0 Å². The van der Waals surface area contributed by atoms with E-state index < -0.39 is 26.2 Å². The number of carboxylic acids is 1. The molecule has 1 atom stereocenters. The maximum atomic E-state index is 10.8. The zero-order valence-electron chi connectivity index (χ0n) is 7.44. The van der Waals surface area contributed by atoms with Crippen molar-refractivity contribution >= 4 is 24.5 Å². The molecule has 6 nitrogen and oxygen atoms in total. The van der Waals surface area contributed by atoms with Crippen LogP contribution in [0.2, 0.25) is 0 Å². The first-order valence-electron chi connectivity index (χ1n) is 3.89. The van der Waals surface area contributed by atoms with Gasteiger partial charge >= 0.3 is 87.4 Å².